The first-order chi connectivity index (χ1) is 15.6. The number of amides is 3. The third kappa shape index (κ3) is 9.13. The molecular weight excluding hydrogens is 426 g/mol. The average molecular weight is 464 g/mol. The van der Waals surface area contributed by atoms with E-state index < -0.39 is 42.2 Å². The fraction of sp³-hybridized carbons (Fsp3) is 0.542. The lowest BCUT2D eigenvalue weighted by atomic mass is 10.0. The molecule has 33 heavy (non-hydrogen) atoms. The Kier molecular flexibility index (Phi) is 11.4. The fourth-order valence-electron chi connectivity index (χ4n) is 3.15. The minimum Gasteiger partial charge on any atom is -0.508 e. The van der Waals surface area contributed by atoms with Crippen LogP contribution in [0.1, 0.15) is 58.6 Å². The van der Waals surface area contributed by atoms with Gasteiger partial charge in [0.25, 0.3) is 0 Å². The van der Waals surface area contributed by atoms with Crippen LogP contribution in [0.15, 0.2) is 36.9 Å². The third-order valence-electron chi connectivity index (χ3n) is 4.65. The van der Waals surface area contributed by atoms with Crippen molar-refractivity contribution in [2.75, 3.05) is 19.7 Å². The highest BCUT2D eigenvalue weighted by Crippen LogP contribution is 2.29. The van der Waals surface area contributed by atoms with Crippen molar-refractivity contribution >= 4 is 17.9 Å². The Morgan fingerprint density at radius 2 is 1.88 bits per heavy atom. The van der Waals surface area contributed by atoms with Crippen molar-refractivity contribution in [2.24, 2.45) is 0 Å². The molecule has 0 aromatic heterocycles. The van der Waals surface area contributed by atoms with E-state index in [9.17, 15) is 24.6 Å². The van der Waals surface area contributed by atoms with Crippen LogP contribution in [0.4, 0.5) is 4.79 Å². The number of nitrogens with one attached hydrogen (secondary N) is 2. The highest BCUT2D eigenvalue weighted by molar-refractivity contribution is 5.92. The van der Waals surface area contributed by atoms with Gasteiger partial charge in [-0.25, -0.2) is 4.79 Å². The van der Waals surface area contributed by atoms with Crippen molar-refractivity contribution in [3.63, 3.8) is 0 Å². The van der Waals surface area contributed by atoms with Crippen molar-refractivity contribution in [3.05, 3.63) is 42.5 Å². The number of rotatable bonds is 12. The van der Waals surface area contributed by atoms with Crippen LogP contribution >= 0.6 is 0 Å². The summed E-state index contributed by atoms with van der Waals surface area (Å²) in [6.07, 6.45) is 3.23. The lowest BCUT2D eigenvalue weighted by Crippen LogP contribution is -2.54. The molecule has 0 radical (unpaired) electrons. The lowest BCUT2D eigenvalue weighted by Gasteiger charge is -2.33. The largest absolute Gasteiger partial charge is 0.508 e. The zero-order valence-electron chi connectivity index (χ0n) is 20.0. The molecule has 2 unspecified atom stereocenters. The van der Waals surface area contributed by atoms with Gasteiger partial charge in [0, 0.05) is 18.7 Å². The van der Waals surface area contributed by atoms with Crippen molar-refractivity contribution in [1.82, 2.24) is 15.5 Å². The minimum atomic E-state index is -1.36. The van der Waals surface area contributed by atoms with E-state index in [1.807, 2.05) is 6.92 Å². The number of aromatic hydroxyl groups is 1. The summed E-state index contributed by atoms with van der Waals surface area (Å²) < 4.78 is 5.18. The molecule has 0 aliphatic heterocycles. The van der Waals surface area contributed by atoms with Gasteiger partial charge in [0.2, 0.25) is 11.8 Å². The summed E-state index contributed by atoms with van der Waals surface area (Å²) >= 11 is 0. The normalized spacial score (nSPS) is 12.9. The van der Waals surface area contributed by atoms with Gasteiger partial charge in [-0.15, -0.1) is 6.58 Å². The Morgan fingerprint density at radius 1 is 1.21 bits per heavy atom. The van der Waals surface area contributed by atoms with Crippen LogP contribution in [0.5, 0.6) is 5.75 Å². The number of phenolic OH excluding ortho intramolecular Hbond substituents is 1. The molecule has 0 bridgehead atoms. The van der Waals surface area contributed by atoms with Crippen molar-refractivity contribution in [1.29, 1.82) is 0 Å². The predicted octanol–water partition coefficient (Wildman–Crippen LogP) is 2.64. The van der Waals surface area contributed by atoms with Crippen molar-refractivity contribution in [2.45, 2.75) is 64.6 Å². The highest BCUT2D eigenvalue weighted by atomic mass is 16.6. The van der Waals surface area contributed by atoms with Gasteiger partial charge in [-0.05, 0) is 33.3 Å². The Labute approximate surface area is 195 Å². The van der Waals surface area contributed by atoms with Gasteiger partial charge in [0.05, 0.1) is 6.61 Å². The molecule has 0 aliphatic carbocycles. The minimum absolute atomic E-state index is 0.0628. The first-order valence-electron chi connectivity index (χ1n) is 11.1. The first kappa shape index (κ1) is 28.0. The number of carbonyl (C=O) groups excluding carboxylic acids is 3. The third-order valence-corrected chi connectivity index (χ3v) is 4.65. The molecule has 0 saturated carbocycles. The number of phenols is 1. The standard InChI is InChI=1S/C24H37N3O6/c1-6-8-11-14-25-21(30)20(17-12-9-10-13-19(17)29)27(15-7-2)22(31)18(16-28)26-23(32)33-24(3,4)5/h7,9-10,12-13,18,20,28-29H,2,6,8,11,14-16H2,1,3-5H3,(H,25,30)(H,26,32). The fourth-order valence-corrected chi connectivity index (χ4v) is 3.15. The Bertz CT molecular complexity index is 806. The highest BCUT2D eigenvalue weighted by Gasteiger charge is 2.36. The molecule has 1 rings (SSSR count). The quantitative estimate of drug-likeness (QED) is 0.279. The predicted molar refractivity (Wildman–Crippen MR) is 126 cm³/mol. The number of ether oxygens (including phenoxy) is 1. The summed E-state index contributed by atoms with van der Waals surface area (Å²) in [5, 5.41) is 25.4. The maximum atomic E-state index is 13.4. The van der Waals surface area contributed by atoms with Crippen LogP contribution in [-0.2, 0) is 14.3 Å². The average Bonchev–Trinajstić information content (AvgIpc) is 2.74. The van der Waals surface area contributed by atoms with Crippen LogP contribution in [0.25, 0.3) is 0 Å². The van der Waals surface area contributed by atoms with Gasteiger partial charge >= 0.3 is 6.09 Å². The van der Waals surface area contributed by atoms with E-state index in [-0.39, 0.29) is 17.9 Å². The van der Waals surface area contributed by atoms with E-state index in [0.717, 1.165) is 24.2 Å². The molecule has 0 saturated heterocycles. The van der Waals surface area contributed by atoms with Crippen LogP contribution < -0.4 is 10.6 Å². The van der Waals surface area contributed by atoms with Crippen molar-refractivity contribution in [3.8, 4) is 5.75 Å². The van der Waals surface area contributed by atoms with E-state index in [1.165, 1.54) is 12.1 Å². The maximum Gasteiger partial charge on any atom is 0.408 e. The van der Waals surface area contributed by atoms with E-state index in [4.69, 9.17) is 4.74 Å². The second kappa shape index (κ2) is 13.5. The number of nitrogens with zero attached hydrogens (tertiary/aromatic N) is 1. The van der Waals surface area contributed by atoms with Gasteiger partial charge in [0.1, 0.15) is 23.4 Å². The second-order valence-electron chi connectivity index (χ2n) is 8.62. The van der Waals surface area contributed by atoms with E-state index >= 15 is 0 Å². The van der Waals surface area contributed by atoms with E-state index in [0.29, 0.717) is 6.54 Å². The number of aliphatic hydroxyl groups excluding tert-OH is 1. The topological polar surface area (TPSA) is 128 Å². The molecule has 0 fully saturated rings. The van der Waals surface area contributed by atoms with Crippen LogP contribution in [0, 0.1) is 0 Å². The molecule has 9 heteroatoms. The first-order valence-corrected chi connectivity index (χ1v) is 11.1. The Morgan fingerprint density at radius 3 is 2.42 bits per heavy atom. The van der Waals surface area contributed by atoms with Gasteiger partial charge in [0.15, 0.2) is 0 Å². The molecule has 9 nitrogen and oxygen atoms in total. The van der Waals surface area contributed by atoms with Gasteiger partial charge in [-0.1, -0.05) is 44.0 Å². The SMILES string of the molecule is C=CCN(C(=O)C(CO)NC(=O)OC(C)(C)C)C(C(=O)NCCCCC)c1ccccc1O. The summed E-state index contributed by atoms with van der Waals surface area (Å²) in [6, 6.07) is 3.66. The number of alkyl carbamates (subject to hydrolysis) is 1. The van der Waals surface area contributed by atoms with E-state index in [2.05, 4.69) is 17.2 Å². The number of hydrogen-bond donors (Lipinski definition) is 4. The van der Waals surface area contributed by atoms with Crippen LogP contribution in [0.2, 0.25) is 0 Å². The number of para-hydroxylation sites is 1. The summed E-state index contributed by atoms with van der Waals surface area (Å²) in [7, 11) is 0. The Hall–Kier alpha value is -3.07. The Balaban J connectivity index is 3.26. The molecule has 184 valence electrons. The van der Waals surface area contributed by atoms with Crippen LogP contribution in [-0.4, -0.2) is 64.4 Å². The monoisotopic (exact) mass is 463 g/mol. The molecular formula is C24H37N3O6. The summed E-state index contributed by atoms with van der Waals surface area (Å²) in [5.41, 5.74) is -0.584. The number of carbonyl (C=O) groups is 3. The smallest absolute Gasteiger partial charge is 0.408 e. The summed E-state index contributed by atoms with van der Waals surface area (Å²) in [5.74, 6) is -1.37. The molecule has 0 heterocycles. The number of benzene rings is 1. The zero-order chi connectivity index (χ0) is 25.0. The molecule has 3 amide bonds. The molecule has 4 N–H and O–H groups in total. The van der Waals surface area contributed by atoms with Crippen LogP contribution in [0.3, 0.4) is 0 Å². The summed E-state index contributed by atoms with van der Waals surface area (Å²) in [4.78, 5) is 39.9. The number of hydrogen-bond acceptors (Lipinski definition) is 6. The molecule has 1 aromatic rings. The van der Waals surface area contributed by atoms with Gasteiger partial charge < -0.3 is 30.5 Å². The number of unbranched alkanes of at least 4 members (excludes halogenated alkanes) is 2. The van der Waals surface area contributed by atoms with Gasteiger partial charge in [-0.2, -0.15) is 0 Å². The zero-order valence-corrected chi connectivity index (χ0v) is 20.0. The lowest BCUT2D eigenvalue weighted by molar-refractivity contribution is -0.142. The molecule has 0 aliphatic rings. The van der Waals surface area contributed by atoms with E-state index in [1.54, 1.807) is 39.0 Å². The summed E-state index contributed by atoms with van der Waals surface area (Å²) in [6.45, 7) is 10.4. The second-order valence-corrected chi connectivity index (χ2v) is 8.62. The molecule has 0 spiro atoms. The molecule has 2 atom stereocenters. The maximum absolute atomic E-state index is 13.4. The number of aliphatic hydroxyl groups is 1. The van der Waals surface area contributed by atoms with Crippen molar-refractivity contribution < 1.29 is 29.3 Å². The van der Waals surface area contributed by atoms with Gasteiger partial charge in [-0.3, -0.25) is 9.59 Å². The molecule has 1 aromatic carbocycles.